The summed E-state index contributed by atoms with van der Waals surface area (Å²) in [6.07, 6.45) is 4.98. The molecule has 18 heavy (non-hydrogen) atoms. The van der Waals surface area contributed by atoms with Crippen molar-refractivity contribution in [3.63, 3.8) is 0 Å². The molecule has 0 amide bonds. The predicted molar refractivity (Wildman–Crippen MR) is 72.2 cm³/mol. The molecule has 1 aliphatic heterocycles. The Bertz CT molecular complexity index is 413. The van der Waals surface area contributed by atoms with Crippen LogP contribution in [0.4, 0.5) is 5.82 Å². The van der Waals surface area contributed by atoms with Gasteiger partial charge in [0.2, 0.25) is 0 Å². The Labute approximate surface area is 112 Å². The molecule has 1 aliphatic rings. The number of anilines is 1. The average Bonchev–Trinajstić information content (AvgIpc) is 2.39. The minimum absolute atomic E-state index is 0.0855. The zero-order chi connectivity index (χ0) is 13.1. The Balaban J connectivity index is 2.32. The molecular weight excluding hydrogens is 252 g/mol. The zero-order valence-corrected chi connectivity index (χ0v) is 11.5. The Morgan fingerprint density at radius 1 is 1.56 bits per heavy atom. The van der Waals surface area contributed by atoms with Gasteiger partial charge in [-0.15, -0.1) is 0 Å². The van der Waals surface area contributed by atoms with Crippen LogP contribution in [-0.2, 0) is 0 Å². The summed E-state index contributed by atoms with van der Waals surface area (Å²) in [6.45, 7) is 2.95. The van der Waals surface area contributed by atoms with Gasteiger partial charge in [-0.1, -0.05) is 11.6 Å². The maximum atomic E-state index is 6.19. The Morgan fingerprint density at radius 3 is 3.00 bits per heavy atom. The number of nitrogens with zero attached hydrogens (tertiary/aromatic N) is 3. The summed E-state index contributed by atoms with van der Waals surface area (Å²) in [6, 6.07) is 0.696. The smallest absolute Gasteiger partial charge is 0.318 e. The van der Waals surface area contributed by atoms with Crippen LogP contribution in [0.15, 0.2) is 6.20 Å². The monoisotopic (exact) mass is 270 g/mol. The lowest BCUT2D eigenvalue weighted by molar-refractivity contribution is 0.374. The number of piperidine rings is 1. The van der Waals surface area contributed by atoms with Gasteiger partial charge in [0.15, 0.2) is 5.82 Å². The fourth-order valence-corrected chi connectivity index (χ4v) is 2.61. The van der Waals surface area contributed by atoms with Crippen molar-refractivity contribution in [1.82, 2.24) is 9.97 Å². The molecule has 0 bridgehead atoms. The van der Waals surface area contributed by atoms with Crippen molar-refractivity contribution in [2.24, 2.45) is 5.73 Å². The van der Waals surface area contributed by atoms with Gasteiger partial charge >= 0.3 is 6.01 Å². The second kappa shape index (κ2) is 5.71. The Kier molecular flexibility index (Phi) is 4.24. The van der Waals surface area contributed by atoms with Gasteiger partial charge in [0.1, 0.15) is 5.02 Å². The molecule has 1 aromatic heterocycles. The van der Waals surface area contributed by atoms with Crippen molar-refractivity contribution in [2.45, 2.75) is 38.3 Å². The van der Waals surface area contributed by atoms with Gasteiger partial charge in [0, 0.05) is 18.6 Å². The number of hydrogen-bond acceptors (Lipinski definition) is 5. The van der Waals surface area contributed by atoms with E-state index in [1.165, 1.54) is 6.42 Å². The molecule has 0 aliphatic carbocycles. The van der Waals surface area contributed by atoms with Crippen LogP contribution < -0.4 is 15.4 Å². The van der Waals surface area contributed by atoms with E-state index in [1.54, 1.807) is 13.3 Å². The third kappa shape index (κ3) is 2.67. The van der Waals surface area contributed by atoms with Crippen molar-refractivity contribution in [3.05, 3.63) is 11.2 Å². The van der Waals surface area contributed by atoms with Crippen LogP contribution in [0, 0.1) is 0 Å². The number of rotatable bonds is 3. The molecule has 1 aromatic rings. The maximum absolute atomic E-state index is 6.19. The summed E-state index contributed by atoms with van der Waals surface area (Å²) in [4.78, 5) is 10.5. The van der Waals surface area contributed by atoms with Crippen molar-refractivity contribution in [2.75, 3.05) is 18.6 Å². The highest BCUT2D eigenvalue weighted by molar-refractivity contribution is 6.32. The highest BCUT2D eigenvalue weighted by Gasteiger charge is 2.28. The van der Waals surface area contributed by atoms with Gasteiger partial charge < -0.3 is 15.4 Å². The van der Waals surface area contributed by atoms with E-state index >= 15 is 0 Å². The van der Waals surface area contributed by atoms with Crippen molar-refractivity contribution in [3.8, 4) is 6.01 Å². The maximum Gasteiger partial charge on any atom is 0.318 e. The van der Waals surface area contributed by atoms with Crippen LogP contribution >= 0.6 is 11.6 Å². The van der Waals surface area contributed by atoms with Crippen LogP contribution in [0.2, 0.25) is 5.02 Å². The summed E-state index contributed by atoms with van der Waals surface area (Å²) in [5.74, 6) is 0.727. The summed E-state index contributed by atoms with van der Waals surface area (Å²) < 4.78 is 5.06. The normalized spacial score (nSPS) is 21.8. The molecule has 0 spiro atoms. The zero-order valence-electron chi connectivity index (χ0n) is 10.8. The fraction of sp³-hybridized carbons (Fsp3) is 0.667. The molecule has 6 heteroatoms. The van der Waals surface area contributed by atoms with Gasteiger partial charge in [-0.25, -0.2) is 4.98 Å². The molecule has 0 radical (unpaired) electrons. The number of halogens is 1. The van der Waals surface area contributed by atoms with E-state index in [9.17, 15) is 0 Å². The first kappa shape index (κ1) is 13.4. The van der Waals surface area contributed by atoms with Gasteiger partial charge in [-0.2, -0.15) is 4.98 Å². The van der Waals surface area contributed by atoms with Gasteiger partial charge in [-0.05, 0) is 26.2 Å². The lowest BCUT2D eigenvalue weighted by atomic mass is 9.97. The van der Waals surface area contributed by atoms with Crippen LogP contribution in [-0.4, -0.2) is 35.7 Å². The summed E-state index contributed by atoms with van der Waals surface area (Å²) >= 11 is 6.19. The molecule has 2 rings (SSSR count). The molecule has 1 fully saturated rings. The minimum Gasteiger partial charge on any atom is -0.467 e. The van der Waals surface area contributed by atoms with Crippen molar-refractivity contribution in [1.29, 1.82) is 0 Å². The van der Waals surface area contributed by atoms with E-state index in [0.717, 1.165) is 25.2 Å². The largest absolute Gasteiger partial charge is 0.467 e. The predicted octanol–water partition coefficient (Wildman–Crippen LogP) is 1.84. The standard InChI is InChI=1S/C12H19ClN4O/c1-8(14)10-5-3-4-6-17(10)11-9(13)7-15-12(16-11)18-2/h7-8,10H,3-6,14H2,1-2H3. The fourth-order valence-electron chi connectivity index (χ4n) is 2.41. The first-order chi connectivity index (χ1) is 8.63. The van der Waals surface area contributed by atoms with E-state index < -0.39 is 0 Å². The lowest BCUT2D eigenvalue weighted by Gasteiger charge is -2.39. The SMILES string of the molecule is COc1ncc(Cl)c(N2CCCCC2C(C)N)n1. The van der Waals surface area contributed by atoms with E-state index in [0.29, 0.717) is 11.0 Å². The van der Waals surface area contributed by atoms with Crippen LogP contribution in [0.1, 0.15) is 26.2 Å². The highest BCUT2D eigenvalue weighted by atomic mass is 35.5. The van der Waals surface area contributed by atoms with Crippen LogP contribution in [0.5, 0.6) is 6.01 Å². The molecule has 2 heterocycles. The third-order valence-corrected chi connectivity index (χ3v) is 3.58. The van der Waals surface area contributed by atoms with E-state index in [1.807, 2.05) is 6.92 Å². The Morgan fingerprint density at radius 2 is 2.33 bits per heavy atom. The lowest BCUT2D eigenvalue weighted by Crippen LogP contribution is -2.49. The molecule has 100 valence electrons. The topological polar surface area (TPSA) is 64.3 Å². The molecule has 2 N–H and O–H groups in total. The van der Waals surface area contributed by atoms with Gasteiger partial charge in [-0.3, -0.25) is 0 Å². The number of ether oxygens (including phenoxy) is 1. The third-order valence-electron chi connectivity index (χ3n) is 3.31. The molecule has 2 unspecified atom stereocenters. The highest BCUT2D eigenvalue weighted by Crippen LogP contribution is 2.30. The van der Waals surface area contributed by atoms with Gasteiger partial charge in [0.05, 0.1) is 13.3 Å². The minimum atomic E-state index is 0.0855. The van der Waals surface area contributed by atoms with Crippen LogP contribution in [0.3, 0.4) is 0 Å². The first-order valence-corrected chi connectivity index (χ1v) is 6.60. The molecule has 0 aromatic carbocycles. The number of nitrogens with two attached hydrogens (primary N) is 1. The second-order valence-corrected chi connectivity index (χ2v) is 5.05. The quantitative estimate of drug-likeness (QED) is 0.908. The number of aromatic nitrogens is 2. The summed E-state index contributed by atoms with van der Waals surface area (Å²) in [5, 5.41) is 0.545. The Hall–Kier alpha value is -1.07. The number of methoxy groups -OCH3 is 1. The molecule has 5 nitrogen and oxygen atoms in total. The molecule has 1 saturated heterocycles. The molecule has 0 saturated carbocycles. The second-order valence-electron chi connectivity index (χ2n) is 4.64. The molecular formula is C12H19ClN4O. The van der Waals surface area contributed by atoms with E-state index in [2.05, 4.69) is 14.9 Å². The summed E-state index contributed by atoms with van der Waals surface area (Å²) in [5.41, 5.74) is 6.06. The first-order valence-electron chi connectivity index (χ1n) is 6.22. The van der Waals surface area contributed by atoms with Crippen molar-refractivity contribution < 1.29 is 4.74 Å². The van der Waals surface area contributed by atoms with Crippen LogP contribution in [0.25, 0.3) is 0 Å². The van der Waals surface area contributed by atoms with E-state index in [4.69, 9.17) is 22.1 Å². The average molecular weight is 271 g/mol. The van der Waals surface area contributed by atoms with Gasteiger partial charge in [0.25, 0.3) is 0 Å². The van der Waals surface area contributed by atoms with E-state index in [-0.39, 0.29) is 12.1 Å². The summed E-state index contributed by atoms with van der Waals surface area (Å²) in [7, 11) is 1.55. The number of hydrogen-bond donors (Lipinski definition) is 1. The van der Waals surface area contributed by atoms with Crippen molar-refractivity contribution >= 4 is 17.4 Å². The molecule has 2 atom stereocenters.